The summed E-state index contributed by atoms with van der Waals surface area (Å²) in [6.45, 7) is 7.98. The van der Waals surface area contributed by atoms with Crippen molar-refractivity contribution in [1.82, 2.24) is 4.57 Å². The normalized spacial score (nSPS) is 15.0. The molecule has 1 aromatic heterocycles. The van der Waals surface area contributed by atoms with Gasteiger partial charge in [0.05, 0.1) is 28.5 Å². The van der Waals surface area contributed by atoms with Crippen LogP contribution < -0.4 is 19.6 Å². The minimum absolute atomic E-state index is 0.0326. The van der Waals surface area contributed by atoms with Crippen molar-refractivity contribution in [2.75, 3.05) is 6.61 Å². The maximum atomic E-state index is 14.2. The first-order valence-corrected chi connectivity index (χ1v) is 15.2. The number of halogens is 2. The van der Waals surface area contributed by atoms with E-state index in [1.54, 1.807) is 48.8 Å². The number of esters is 1. The Balaban J connectivity index is 1.62. The van der Waals surface area contributed by atoms with E-state index in [4.69, 9.17) is 9.47 Å². The molecule has 6 nitrogen and oxygen atoms in total. The number of allylic oxidation sites excluding steroid dienone is 1. The number of ether oxygens (including phenoxy) is 2. The van der Waals surface area contributed by atoms with E-state index >= 15 is 0 Å². The van der Waals surface area contributed by atoms with E-state index in [1.807, 2.05) is 36.4 Å². The Bertz CT molecular complexity index is 1860. The van der Waals surface area contributed by atoms with Gasteiger partial charge >= 0.3 is 5.97 Å². The van der Waals surface area contributed by atoms with Crippen LogP contribution in [0.1, 0.15) is 61.9 Å². The average molecular weight is 650 g/mol. The number of hydrogen-bond acceptors (Lipinski definition) is 6. The fourth-order valence-electron chi connectivity index (χ4n) is 4.85. The minimum atomic E-state index is -0.692. The lowest BCUT2D eigenvalue weighted by Gasteiger charge is -2.25. The molecule has 0 bridgehead atoms. The predicted molar refractivity (Wildman–Crippen MR) is 166 cm³/mol. The number of thiazole rings is 1. The third-order valence-electron chi connectivity index (χ3n) is 7.04. The lowest BCUT2D eigenvalue weighted by Crippen LogP contribution is -2.39. The molecule has 4 aromatic rings. The first kappa shape index (κ1) is 29.7. The van der Waals surface area contributed by atoms with Gasteiger partial charge in [-0.2, -0.15) is 0 Å². The maximum absolute atomic E-state index is 14.2. The highest BCUT2D eigenvalue weighted by molar-refractivity contribution is 9.10. The number of aromatic nitrogens is 1. The molecule has 1 unspecified atom stereocenters. The van der Waals surface area contributed by atoms with Gasteiger partial charge in [0.1, 0.15) is 18.2 Å². The minimum Gasteiger partial charge on any atom is -0.488 e. The molecule has 0 fully saturated rings. The highest BCUT2D eigenvalue weighted by Gasteiger charge is 2.33. The van der Waals surface area contributed by atoms with Crippen LogP contribution in [-0.2, 0) is 16.1 Å². The summed E-state index contributed by atoms with van der Waals surface area (Å²) in [5, 5.41) is 0. The number of carbonyl (C=O) groups excluding carboxylic acids is 1. The Morgan fingerprint density at radius 2 is 1.88 bits per heavy atom. The average Bonchev–Trinajstić information content (AvgIpc) is 3.26. The van der Waals surface area contributed by atoms with Gasteiger partial charge in [-0.25, -0.2) is 14.2 Å². The molecule has 0 amide bonds. The molecule has 2 heterocycles. The summed E-state index contributed by atoms with van der Waals surface area (Å²) in [5.41, 5.74) is 3.58. The molecule has 0 radical (unpaired) electrons. The van der Waals surface area contributed by atoms with Gasteiger partial charge in [-0.3, -0.25) is 9.36 Å². The van der Waals surface area contributed by atoms with Crippen molar-refractivity contribution in [1.29, 1.82) is 0 Å². The van der Waals surface area contributed by atoms with Gasteiger partial charge in [0.15, 0.2) is 4.80 Å². The molecule has 0 spiro atoms. The van der Waals surface area contributed by atoms with Gasteiger partial charge in [-0.15, -0.1) is 0 Å². The molecule has 1 aliphatic heterocycles. The van der Waals surface area contributed by atoms with E-state index < -0.39 is 12.0 Å². The predicted octanol–water partition coefficient (Wildman–Crippen LogP) is 6.40. The number of fused-ring (bicyclic) bond motifs is 1. The molecule has 0 saturated heterocycles. The Morgan fingerprint density at radius 3 is 2.57 bits per heavy atom. The van der Waals surface area contributed by atoms with E-state index in [9.17, 15) is 14.0 Å². The quantitative estimate of drug-likeness (QED) is 0.207. The van der Waals surface area contributed by atoms with Crippen LogP contribution in [0.4, 0.5) is 4.39 Å². The molecule has 0 aliphatic carbocycles. The second-order valence-electron chi connectivity index (χ2n) is 10.2. The Kier molecular flexibility index (Phi) is 8.89. The van der Waals surface area contributed by atoms with E-state index in [0.29, 0.717) is 43.4 Å². The van der Waals surface area contributed by atoms with Crippen LogP contribution in [0.5, 0.6) is 5.75 Å². The molecule has 5 rings (SSSR count). The zero-order chi connectivity index (χ0) is 30.0. The fraction of sp³-hybridized carbons (Fsp3) is 0.242. The summed E-state index contributed by atoms with van der Waals surface area (Å²) in [4.78, 5) is 32.4. The highest BCUT2D eigenvalue weighted by Crippen LogP contribution is 2.32. The van der Waals surface area contributed by atoms with Crippen molar-refractivity contribution in [3.8, 4) is 5.75 Å². The summed E-state index contributed by atoms with van der Waals surface area (Å²) in [5.74, 6) is -0.0141. The standard InChI is InChI=1S/C33H30BrFN2O4S/c1-5-40-32(39)29-20(4)36-33-37(30(29)22-12-10-21(11-13-22)19(2)3)31(38)28(42-33)17-24-16-25(34)14-15-27(24)41-18-23-8-6-7-9-26(23)35/h6-17,19,30H,5,18H2,1-4H3/b28-17-. The van der Waals surface area contributed by atoms with E-state index in [1.165, 1.54) is 17.4 Å². The fourth-order valence-corrected chi connectivity index (χ4v) is 6.26. The lowest BCUT2D eigenvalue weighted by molar-refractivity contribution is -0.139. The first-order valence-electron chi connectivity index (χ1n) is 13.6. The topological polar surface area (TPSA) is 69.9 Å². The van der Waals surface area contributed by atoms with Crippen molar-refractivity contribution >= 4 is 39.3 Å². The van der Waals surface area contributed by atoms with Crippen molar-refractivity contribution in [2.24, 2.45) is 4.99 Å². The molecule has 3 aromatic carbocycles. The second kappa shape index (κ2) is 12.6. The van der Waals surface area contributed by atoms with Gasteiger partial charge in [0.25, 0.3) is 5.56 Å². The van der Waals surface area contributed by atoms with Crippen LogP contribution in [0.15, 0.2) is 92.3 Å². The third-order valence-corrected chi connectivity index (χ3v) is 8.51. The molecule has 1 atom stereocenters. The molecule has 216 valence electrons. The van der Waals surface area contributed by atoms with Crippen LogP contribution in [-0.4, -0.2) is 17.1 Å². The van der Waals surface area contributed by atoms with Crippen molar-refractivity contribution < 1.29 is 18.7 Å². The van der Waals surface area contributed by atoms with Gasteiger partial charge in [-0.1, -0.05) is 83.6 Å². The first-order chi connectivity index (χ1) is 20.2. The van der Waals surface area contributed by atoms with Crippen LogP contribution in [0.2, 0.25) is 0 Å². The highest BCUT2D eigenvalue weighted by atomic mass is 79.9. The smallest absolute Gasteiger partial charge is 0.338 e. The molecule has 42 heavy (non-hydrogen) atoms. The Labute approximate surface area is 255 Å². The summed E-state index contributed by atoms with van der Waals surface area (Å²) in [7, 11) is 0. The largest absolute Gasteiger partial charge is 0.488 e. The summed E-state index contributed by atoms with van der Waals surface area (Å²) < 4.78 is 28.4. The monoisotopic (exact) mass is 648 g/mol. The number of rotatable bonds is 8. The Morgan fingerprint density at radius 1 is 1.14 bits per heavy atom. The van der Waals surface area contributed by atoms with Crippen molar-refractivity contribution in [3.05, 3.63) is 130 Å². The Hall–Kier alpha value is -3.82. The second-order valence-corrected chi connectivity index (χ2v) is 12.1. The molecule has 9 heteroatoms. The van der Waals surface area contributed by atoms with Gasteiger partial charge in [0.2, 0.25) is 0 Å². The van der Waals surface area contributed by atoms with E-state index in [0.717, 1.165) is 15.6 Å². The van der Waals surface area contributed by atoms with Crippen LogP contribution in [0.25, 0.3) is 6.08 Å². The molecule has 0 saturated carbocycles. The van der Waals surface area contributed by atoms with Gasteiger partial charge < -0.3 is 9.47 Å². The van der Waals surface area contributed by atoms with Gasteiger partial charge in [-0.05, 0) is 61.2 Å². The molecular weight excluding hydrogens is 619 g/mol. The third kappa shape index (κ3) is 6.03. The number of benzene rings is 3. The number of nitrogens with zero attached hydrogens (tertiary/aromatic N) is 2. The molecular formula is C33H30BrFN2O4S. The molecule has 0 N–H and O–H groups in total. The zero-order valence-electron chi connectivity index (χ0n) is 23.7. The van der Waals surface area contributed by atoms with Crippen LogP contribution >= 0.6 is 27.3 Å². The van der Waals surface area contributed by atoms with E-state index in [2.05, 4.69) is 34.8 Å². The van der Waals surface area contributed by atoms with Crippen LogP contribution in [0.3, 0.4) is 0 Å². The summed E-state index contributed by atoms with van der Waals surface area (Å²) in [6, 6.07) is 19.1. The number of hydrogen-bond donors (Lipinski definition) is 0. The lowest BCUT2D eigenvalue weighted by atomic mass is 9.93. The zero-order valence-corrected chi connectivity index (χ0v) is 26.1. The van der Waals surface area contributed by atoms with Crippen molar-refractivity contribution in [2.45, 2.75) is 46.3 Å². The number of carbonyl (C=O) groups is 1. The van der Waals surface area contributed by atoms with Crippen molar-refractivity contribution in [3.63, 3.8) is 0 Å². The summed E-state index contributed by atoms with van der Waals surface area (Å²) in [6.07, 6.45) is 1.74. The maximum Gasteiger partial charge on any atom is 0.338 e. The van der Waals surface area contributed by atoms with E-state index in [-0.39, 0.29) is 24.6 Å². The summed E-state index contributed by atoms with van der Waals surface area (Å²) >= 11 is 4.74. The SMILES string of the molecule is CCOC(=O)C1=C(C)N=c2s/c(=C\c3cc(Br)ccc3OCc3ccccc3F)c(=O)n2C1c1ccc(C(C)C)cc1. The molecule has 1 aliphatic rings. The van der Waals surface area contributed by atoms with Gasteiger partial charge in [0, 0.05) is 15.6 Å². The van der Waals surface area contributed by atoms with Crippen LogP contribution in [0, 0.1) is 5.82 Å².